The van der Waals surface area contributed by atoms with E-state index in [1.807, 2.05) is 6.92 Å². The van der Waals surface area contributed by atoms with Gasteiger partial charge in [0.2, 0.25) is 5.91 Å². The first-order valence-corrected chi connectivity index (χ1v) is 10.6. The Bertz CT molecular complexity index is 560. The number of nitrogens with zero attached hydrogens (tertiary/aromatic N) is 1. The predicted octanol–water partition coefficient (Wildman–Crippen LogP) is 2.30. The van der Waals surface area contributed by atoms with Crippen LogP contribution in [0.5, 0.6) is 0 Å². The summed E-state index contributed by atoms with van der Waals surface area (Å²) in [7, 11) is 0. The maximum atomic E-state index is 11.8. The molecule has 0 radical (unpaired) electrons. The second-order valence-corrected chi connectivity index (χ2v) is 10.6. The van der Waals surface area contributed by atoms with Gasteiger partial charge in [0.15, 0.2) is 0 Å². The summed E-state index contributed by atoms with van der Waals surface area (Å²) in [6.07, 6.45) is 5.69. The molecule has 0 aromatic rings. The second kappa shape index (κ2) is 6.18. The first-order chi connectivity index (χ1) is 12.1. The van der Waals surface area contributed by atoms with Gasteiger partial charge in [-0.25, -0.2) is 0 Å². The third-order valence-electron chi connectivity index (χ3n) is 7.35. The van der Waals surface area contributed by atoms with Crippen molar-refractivity contribution in [2.45, 2.75) is 95.5 Å². The molecule has 4 aliphatic rings. The molecule has 0 aliphatic carbocycles. The number of carbonyl (C=O) groups is 1. The molecule has 0 aromatic carbocycles. The van der Waals surface area contributed by atoms with E-state index in [9.17, 15) is 4.79 Å². The van der Waals surface area contributed by atoms with Crippen molar-refractivity contribution in [2.75, 3.05) is 19.6 Å². The van der Waals surface area contributed by atoms with Crippen molar-refractivity contribution in [3.8, 4) is 0 Å². The molecule has 4 atom stereocenters. The van der Waals surface area contributed by atoms with Gasteiger partial charge in [0, 0.05) is 55.0 Å². The average Bonchev–Trinajstić information content (AvgIpc) is 3.17. The molecule has 148 valence electrons. The van der Waals surface area contributed by atoms with Crippen molar-refractivity contribution in [3.05, 3.63) is 0 Å². The summed E-state index contributed by atoms with van der Waals surface area (Å²) in [6, 6.07) is 0.620. The molecule has 4 aliphatic heterocycles. The van der Waals surface area contributed by atoms with Gasteiger partial charge in [-0.3, -0.25) is 9.69 Å². The van der Waals surface area contributed by atoms with Crippen molar-refractivity contribution >= 4 is 5.91 Å². The smallest absolute Gasteiger partial charge is 0.219 e. The lowest BCUT2D eigenvalue weighted by Crippen LogP contribution is -2.62. The van der Waals surface area contributed by atoms with E-state index in [1.165, 1.54) is 25.7 Å². The Balaban J connectivity index is 1.47. The third kappa shape index (κ3) is 3.20. The highest BCUT2D eigenvalue weighted by atomic mass is 16.5. The minimum absolute atomic E-state index is 0.0609. The topological polar surface area (TPSA) is 53.6 Å². The number of carbonyl (C=O) groups excluding carboxylic acids is 1. The van der Waals surface area contributed by atoms with Gasteiger partial charge in [0.1, 0.15) is 0 Å². The van der Waals surface area contributed by atoms with Crippen molar-refractivity contribution < 1.29 is 9.53 Å². The molecular formula is C21H37N3O2. The van der Waals surface area contributed by atoms with E-state index in [2.05, 4.69) is 43.2 Å². The van der Waals surface area contributed by atoms with Crippen molar-refractivity contribution in [1.82, 2.24) is 15.5 Å². The minimum atomic E-state index is 0.0609. The van der Waals surface area contributed by atoms with Crippen molar-refractivity contribution in [3.63, 3.8) is 0 Å². The number of amides is 1. The van der Waals surface area contributed by atoms with Crippen LogP contribution in [0.25, 0.3) is 0 Å². The Morgan fingerprint density at radius 1 is 1.23 bits per heavy atom. The molecule has 5 nitrogen and oxygen atoms in total. The molecule has 2 bridgehead atoms. The molecule has 0 aromatic heterocycles. The van der Waals surface area contributed by atoms with E-state index in [4.69, 9.17) is 4.74 Å². The van der Waals surface area contributed by atoms with Gasteiger partial charge in [-0.15, -0.1) is 0 Å². The lowest BCUT2D eigenvalue weighted by molar-refractivity contribution is -0.121. The molecule has 5 heteroatoms. The summed E-state index contributed by atoms with van der Waals surface area (Å²) < 4.78 is 6.58. The summed E-state index contributed by atoms with van der Waals surface area (Å²) in [5, 5.41) is 6.95. The lowest BCUT2D eigenvalue weighted by Gasteiger charge is -2.49. The van der Waals surface area contributed by atoms with Gasteiger partial charge in [0.25, 0.3) is 0 Å². The first kappa shape index (κ1) is 18.7. The number of likely N-dealkylation sites (tertiary alicyclic amines) is 1. The number of fused-ring (bicyclic) bond motifs is 1. The van der Waals surface area contributed by atoms with Gasteiger partial charge in [-0.1, -0.05) is 6.92 Å². The van der Waals surface area contributed by atoms with E-state index >= 15 is 0 Å². The van der Waals surface area contributed by atoms with E-state index < -0.39 is 0 Å². The summed E-state index contributed by atoms with van der Waals surface area (Å²) in [4.78, 5) is 14.5. The van der Waals surface area contributed by atoms with Crippen LogP contribution in [-0.2, 0) is 9.53 Å². The van der Waals surface area contributed by atoms with Crippen LogP contribution in [0.4, 0.5) is 0 Å². The largest absolute Gasteiger partial charge is 0.370 e. The Kier molecular flexibility index (Phi) is 4.44. The fourth-order valence-corrected chi connectivity index (χ4v) is 6.66. The summed E-state index contributed by atoms with van der Waals surface area (Å²) in [5.41, 5.74) is 0.413. The fourth-order valence-electron chi connectivity index (χ4n) is 6.66. The van der Waals surface area contributed by atoms with Gasteiger partial charge in [0.05, 0.1) is 11.7 Å². The van der Waals surface area contributed by atoms with Crippen LogP contribution < -0.4 is 10.6 Å². The van der Waals surface area contributed by atoms with Crippen LogP contribution >= 0.6 is 0 Å². The Morgan fingerprint density at radius 3 is 2.58 bits per heavy atom. The van der Waals surface area contributed by atoms with Gasteiger partial charge < -0.3 is 15.4 Å². The molecule has 4 fully saturated rings. The van der Waals surface area contributed by atoms with Gasteiger partial charge >= 0.3 is 0 Å². The molecule has 4 rings (SSSR count). The number of hydrogen-bond donors (Lipinski definition) is 2. The van der Waals surface area contributed by atoms with Crippen LogP contribution in [0, 0.1) is 11.8 Å². The van der Waals surface area contributed by atoms with Crippen LogP contribution in [0.1, 0.15) is 66.7 Å². The summed E-state index contributed by atoms with van der Waals surface area (Å²) in [6.45, 7) is 14.3. The fraction of sp³-hybridized carbons (Fsp3) is 0.952. The Morgan fingerprint density at radius 2 is 1.92 bits per heavy atom. The quantitative estimate of drug-likeness (QED) is 0.805. The molecule has 4 heterocycles. The maximum Gasteiger partial charge on any atom is 0.219 e. The van der Waals surface area contributed by atoms with E-state index in [0.29, 0.717) is 30.4 Å². The number of hydrogen-bond acceptors (Lipinski definition) is 4. The third-order valence-corrected chi connectivity index (χ3v) is 7.35. The van der Waals surface area contributed by atoms with E-state index in [0.717, 1.165) is 19.6 Å². The second-order valence-electron chi connectivity index (χ2n) is 10.6. The normalized spacial score (nSPS) is 41.3. The lowest BCUT2D eigenvalue weighted by atomic mass is 9.73. The monoisotopic (exact) mass is 363 g/mol. The minimum Gasteiger partial charge on any atom is -0.370 e. The molecular weight excluding hydrogens is 326 g/mol. The molecule has 0 unspecified atom stereocenters. The van der Waals surface area contributed by atoms with Crippen LogP contribution in [0.3, 0.4) is 0 Å². The number of nitrogens with one attached hydrogen (secondary N) is 2. The zero-order valence-corrected chi connectivity index (χ0v) is 17.2. The highest BCUT2D eigenvalue weighted by molar-refractivity contribution is 5.75. The summed E-state index contributed by atoms with van der Waals surface area (Å²) >= 11 is 0. The maximum absolute atomic E-state index is 11.8. The zero-order chi connectivity index (χ0) is 18.7. The van der Waals surface area contributed by atoms with Gasteiger partial charge in [-0.05, 0) is 53.4 Å². The Labute approximate surface area is 158 Å². The molecule has 26 heavy (non-hydrogen) atoms. The molecule has 1 spiro atoms. The van der Waals surface area contributed by atoms with Crippen LogP contribution in [0.15, 0.2) is 0 Å². The highest BCUT2D eigenvalue weighted by Crippen LogP contribution is 2.55. The zero-order valence-electron chi connectivity index (χ0n) is 17.2. The number of rotatable bonds is 4. The highest BCUT2D eigenvalue weighted by Gasteiger charge is 2.63. The van der Waals surface area contributed by atoms with E-state index in [1.54, 1.807) is 0 Å². The van der Waals surface area contributed by atoms with E-state index in [-0.39, 0.29) is 22.6 Å². The van der Waals surface area contributed by atoms with Gasteiger partial charge in [-0.2, -0.15) is 0 Å². The molecule has 1 amide bonds. The SMILES string of the molecule is CCC(=O)NC[C@H]1[C@H]2CN(C3CC(C)(C)NC(C)(C)C3)C[C@]23CC[C@H]1O3. The number of piperidine rings is 1. The first-order valence-electron chi connectivity index (χ1n) is 10.6. The molecule has 0 saturated carbocycles. The van der Waals surface area contributed by atoms with Crippen molar-refractivity contribution in [1.29, 1.82) is 0 Å². The average molecular weight is 364 g/mol. The molecule has 4 saturated heterocycles. The van der Waals surface area contributed by atoms with Crippen molar-refractivity contribution in [2.24, 2.45) is 11.8 Å². The number of ether oxygens (including phenoxy) is 1. The molecule has 2 N–H and O–H groups in total. The summed E-state index contributed by atoms with van der Waals surface area (Å²) in [5.74, 6) is 1.24. The Hall–Kier alpha value is -0.650. The predicted molar refractivity (Wildman–Crippen MR) is 103 cm³/mol. The van der Waals surface area contributed by atoms with Crippen LogP contribution in [-0.4, -0.2) is 59.3 Å². The standard InChI is InChI=1S/C21H37N3O2/c1-6-18(25)22-11-15-16-12-24(13-21(16)8-7-17(15)26-21)14-9-19(2,3)23-20(4,5)10-14/h14-17,23H,6-13H2,1-5H3,(H,22,25)/t15-,16+,17+,21+/m0/s1. The van der Waals surface area contributed by atoms with Crippen LogP contribution in [0.2, 0.25) is 0 Å².